The summed E-state index contributed by atoms with van der Waals surface area (Å²) in [5.74, 6) is 0.0379. The van der Waals surface area contributed by atoms with Gasteiger partial charge in [-0.05, 0) is 32.0 Å². The first kappa shape index (κ1) is 13.2. The second-order valence-corrected chi connectivity index (χ2v) is 4.24. The second-order valence-electron chi connectivity index (χ2n) is 4.24. The Kier molecular flexibility index (Phi) is 4.63. The van der Waals surface area contributed by atoms with Crippen LogP contribution in [0.2, 0.25) is 0 Å². The number of nitrogens with two attached hydrogens (primary N) is 2. The maximum atomic E-state index is 11.4. The lowest BCUT2D eigenvalue weighted by atomic mass is 10.2. The largest absolute Gasteiger partial charge is 0.397 e. The predicted octanol–water partition coefficient (Wildman–Crippen LogP) is 1.18. The Hall–Kier alpha value is -1.91. The number of carbonyl (C=O) groups excluding carboxylic acids is 1. The second kappa shape index (κ2) is 5.98. The maximum Gasteiger partial charge on any atom is 0.221 e. The van der Waals surface area contributed by atoms with Gasteiger partial charge in [0, 0.05) is 24.7 Å². The molecule has 0 aliphatic carbocycles. The third-order valence-electron chi connectivity index (χ3n) is 2.22. The van der Waals surface area contributed by atoms with Crippen LogP contribution in [0.3, 0.4) is 0 Å². The zero-order valence-electron chi connectivity index (χ0n) is 10.3. The number of hydrogen-bond donors (Lipinski definition) is 4. The lowest BCUT2D eigenvalue weighted by Gasteiger charge is -2.10. The number of carbonyl (C=O) groups is 1. The Balaban J connectivity index is 2.36. The van der Waals surface area contributed by atoms with Crippen LogP contribution in [-0.4, -0.2) is 18.5 Å². The molecule has 0 saturated carbocycles. The van der Waals surface area contributed by atoms with Crippen LogP contribution in [0.25, 0.3) is 0 Å². The molecule has 1 amide bonds. The molecule has 1 aromatic rings. The summed E-state index contributed by atoms with van der Waals surface area (Å²) in [5, 5.41) is 5.95. The van der Waals surface area contributed by atoms with Crippen molar-refractivity contribution in [2.24, 2.45) is 0 Å². The van der Waals surface area contributed by atoms with Gasteiger partial charge in [-0.1, -0.05) is 0 Å². The van der Waals surface area contributed by atoms with Gasteiger partial charge in [0.15, 0.2) is 0 Å². The molecule has 0 fully saturated rings. The van der Waals surface area contributed by atoms with Crippen LogP contribution < -0.4 is 22.1 Å². The van der Waals surface area contributed by atoms with E-state index in [2.05, 4.69) is 10.6 Å². The molecule has 0 spiro atoms. The van der Waals surface area contributed by atoms with Gasteiger partial charge in [0.05, 0.1) is 11.4 Å². The number of anilines is 3. The molecule has 0 heterocycles. The van der Waals surface area contributed by atoms with Crippen LogP contribution in [0, 0.1) is 0 Å². The van der Waals surface area contributed by atoms with E-state index < -0.39 is 0 Å². The number of amides is 1. The Morgan fingerprint density at radius 3 is 2.59 bits per heavy atom. The Morgan fingerprint density at radius 1 is 1.29 bits per heavy atom. The highest BCUT2D eigenvalue weighted by Gasteiger charge is 2.03. The Labute approximate surface area is 102 Å². The molecule has 0 aromatic heterocycles. The van der Waals surface area contributed by atoms with Crippen molar-refractivity contribution in [3.8, 4) is 0 Å². The quantitative estimate of drug-likeness (QED) is 0.577. The van der Waals surface area contributed by atoms with Gasteiger partial charge < -0.3 is 22.1 Å². The molecule has 0 aliphatic rings. The minimum absolute atomic E-state index is 0.0379. The molecule has 0 unspecified atom stereocenters. The molecule has 6 N–H and O–H groups in total. The van der Waals surface area contributed by atoms with E-state index in [1.807, 2.05) is 19.9 Å². The van der Waals surface area contributed by atoms with Gasteiger partial charge in [-0.2, -0.15) is 0 Å². The van der Waals surface area contributed by atoms with Crippen molar-refractivity contribution >= 4 is 23.0 Å². The van der Waals surface area contributed by atoms with E-state index in [-0.39, 0.29) is 11.9 Å². The van der Waals surface area contributed by atoms with E-state index in [4.69, 9.17) is 11.5 Å². The molecule has 0 aliphatic heterocycles. The van der Waals surface area contributed by atoms with Crippen LogP contribution in [0.15, 0.2) is 18.2 Å². The van der Waals surface area contributed by atoms with Gasteiger partial charge in [0.25, 0.3) is 0 Å². The zero-order chi connectivity index (χ0) is 12.8. The van der Waals surface area contributed by atoms with Crippen molar-refractivity contribution < 1.29 is 4.79 Å². The summed E-state index contributed by atoms with van der Waals surface area (Å²) in [6.07, 6.45) is 0.433. The van der Waals surface area contributed by atoms with Crippen LogP contribution in [0.5, 0.6) is 0 Å². The van der Waals surface area contributed by atoms with Crippen LogP contribution in [0.1, 0.15) is 20.3 Å². The summed E-state index contributed by atoms with van der Waals surface area (Å²) in [6, 6.07) is 5.52. The van der Waals surface area contributed by atoms with E-state index in [0.717, 1.165) is 5.69 Å². The minimum Gasteiger partial charge on any atom is -0.397 e. The summed E-state index contributed by atoms with van der Waals surface area (Å²) in [4.78, 5) is 11.4. The molecule has 17 heavy (non-hydrogen) atoms. The van der Waals surface area contributed by atoms with Crippen molar-refractivity contribution in [1.29, 1.82) is 0 Å². The molecule has 5 nitrogen and oxygen atoms in total. The van der Waals surface area contributed by atoms with E-state index >= 15 is 0 Å². The fraction of sp³-hybridized carbons (Fsp3) is 0.417. The lowest BCUT2D eigenvalue weighted by Crippen LogP contribution is -2.31. The molecule has 1 rings (SSSR count). The third kappa shape index (κ3) is 4.63. The summed E-state index contributed by atoms with van der Waals surface area (Å²) >= 11 is 0. The van der Waals surface area contributed by atoms with Crippen molar-refractivity contribution in [2.45, 2.75) is 26.3 Å². The average Bonchev–Trinajstić information content (AvgIpc) is 2.22. The normalized spacial score (nSPS) is 10.3. The molecule has 0 atom stereocenters. The summed E-state index contributed by atoms with van der Waals surface area (Å²) in [5.41, 5.74) is 13.3. The van der Waals surface area contributed by atoms with Gasteiger partial charge in [0.2, 0.25) is 5.91 Å². The average molecular weight is 236 g/mol. The van der Waals surface area contributed by atoms with Crippen molar-refractivity contribution in [3.63, 3.8) is 0 Å². The smallest absolute Gasteiger partial charge is 0.221 e. The van der Waals surface area contributed by atoms with Gasteiger partial charge >= 0.3 is 0 Å². The molecule has 0 bridgehead atoms. The molecule has 0 saturated heterocycles. The standard InChI is InChI=1S/C12H20N4O/c1-8(2)16-12(17)5-6-15-9-3-4-10(13)11(14)7-9/h3-4,7-8,15H,5-6,13-14H2,1-2H3,(H,16,17). The van der Waals surface area contributed by atoms with Crippen molar-refractivity contribution in [3.05, 3.63) is 18.2 Å². The van der Waals surface area contributed by atoms with Crippen molar-refractivity contribution in [1.82, 2.24) is 5.32 Å². The van der Waals surface area contributed by atoms with Gasteiger partial charge in [-0.15, -0.1) is 0 Å². The highest BCUT2D eigenvalue weighted by Crippen LogP contribution is 2.19. The van der Waals surface area contributed by atoms with E-state index in [0.29, 0.717) is 24.3 Å². The first-order valence-electron chi connectivity index (χ1n) is 5.67. The van der Waals surface area contributed by atoms with E-state index in [9.17, 15) is 4.79 Å². The van der Waals surface area contributed by atoms with E-state index in [1.165, 1.54) is 0 Å². The molecule has 0 radical (unpaired) electrons. The maximum absolute atomic E-state index is 11.4. The highest BCUT2D eigenvalue weighted by atomic mass is 16.1. The summed E-state index contributed by atoms with van der Waals surface area (Å²) < 4.78 is 0. The molecular weight excluding hydrogens is 216 g/mol. The Bertz CT molecular complexity index is 390. The number of nitrogen functional groups attached to an aromatic ring is 2. The zero-order valence-corrected chi connectivity index (χ0v) is 10.3. The first-order chi connectivity index (χ1) is 7.99. The SMILES string of the molecule is CC(C)NC(=O)CCNc1ccc(N)c(N)c1. The molecule has 5 heteroatoms. The monoisotopic (exact) mass is 236 g/mol. The third-order valence-corrected chi connectivity index (χ3v) is 2.22. The van der Waals surface area contributed by atoms with Crippen LogP contribution in [0.4, 0.5) is 17.1 Å². The highest BCUT2D eigenvalue weighted by molar-refractivity contribution is 5.77. The van der Waals surface area contributed by atoms with Crippen LogP contribution in [-0.2, 0) is 4.79 Å². The minimum atomic E-state index is 0.0379. The summed E-state index contributed by atoms with van der Waals surface area (Å²) in [6.45, 7) is 4.44. The van der Waals surface area contributed by atoms with Gasteiger partial charge in [-0.25, -0.2) is 0 Å². The number of nitrogens with one attached hydrogen (secondary N) is 2. The number of hydrogen-bond acceptors (Lipinski definition) is 4. The molecule has 1 aromatic carbocycles. The fourth-order valence-corrected chi connectivity index (χ4v) is 1.40. The Morgan fingerprint density at radius 2 is 2.00 bits per heavy atom. The van der Waals surface area contributed by atoms with Gasteiger partial charge in [-0.3, -0.25) is 4.79 Å². The fourth-order valence-electron chi connectivity index (χ4n) is 1.40. The number of benzene rings is 1. The molecular formula is C12H20N4O. The van der Waals surface area contributed by atoms with Crippen LogP contribution >= 0.6 is 0 Å². The molecule has 94 valence electrons. The van der Waals surface area contributed by atoms with Gasteiger partial charge in [0.1, 0.15) is 0 Å². The van der Waals surface area contributed by atoms with E-state index in [1.54, 1.807) is 12.1 Å². The first-order valence-corrected chi connectivity index (χ1v) is 5.67. The van der Waals surface area contributed by atoms with Crippen molar-refractivity contribution in [2.75, 3.05) is 23.3 Å². The number of rotatable bonds is 5. The summed E-state index contributed by atoms with van der Waals surface area (Å²) in [7, 11) is 0. The lowest BCUT2D eigenvalue weighted by molar-refractivity contribution is -0.121. The topological polar surface area (TPSA) is 93.2 Å². The predicted molar refractivity (Wildman–Crippen MR) is 71.7 cm³/mol.